The third kappa shape index (κ3) is 7.06. The first kappa shape index (κ1) is 25.2. The predicted molar refractivity (Wildman–Crippen MR) is 129 cm³/mol. The van der Waals surface area contributed by atoms with Crippen molar-refractivity contribution in [3.05, 3.63) is 78.4 Å². The highest BCUT2D eigenvalue weighted by Gasteiger charge is 2.32. The summed E-state index contributed by atoms with van der Waals surface area (Å²) in [7, 11) is 0. The molecular formula is C26H24F3N3O4. The smallest absolute Gasteiger partial charge is 0.404 e. The van der Waals surface area contributed by atoms with E-state index in [1.165, 1.54) is 6.07 Å². The van der Waals surface area contributed by atoms with Crippen LogP contribution in [0.15, 0.2) is 72.8 Å². The Morgan fingerprint density at radius 2 is 1.56 bits per heavy atom. The number of hydrogen-bond donors (Lipinski definition) is 2. The molecule has 36 heavy (non-hydrogen) atoms. The van der Waals surface area contributed by atoms with Gasteiger partial charge in [-0.05, 0) is 41.5 Å². The Bertz CT molecular complexity index is 1200. The van der Waals surface area contributed by atoms with E-state index in [1.807, 2.05) is 47.4 Å². The number of halogens is 3. The quantitative estimate of drug-likeness (QED) is 0.490. The molecule has 2 amide bonds. The molecule has 1 saturated heterocycles. The molecule has 1 fully saturated rings. The lowest BCUT2D eigenvalue weighted by Gasteiger charge is -2.26. The zero-order valence-electron chi connectivity index (χ0n) is 19.2. The summed E-state index contributed by atoms with van der Waals surface area (Å²) in [6, 6.07) is 20.2. The summed E-state index contributed by atoms with van der Waals surface area (Å²) in [6.45, 7) is 1.98. The summed E-state index contributed by atoms with van der Waals surface area (Å²) in [5.41, 5.74) is 2.30. The van der Waals surface area contributed by atoms with E-state index in [-0.39, 0.29) is 17.8 Å². The van der Waals surface area contributed by atoms with Crippen LogP contribution in [0.1, 0.15) is 10.4 Å². The second kappa shape index (κ2) is 11.2. The summed E-state index contributed by atoms with van der Waals surface area (Å²) in [5.74, 6) is -1.69. The van der Waals surface area contributed by atoms with Gasteiger partial charge in [0, 0.05) is 24.3 Å². The van der Waals surface area contributed by atoms with E-state index in [4.69, 9.17) is 4.74 Å². The van der Waals surface area contributed by atoms with Gasteiger partial charge >= 0.3 is 6.36 Å². The van der Waals surface area contributed by atoms with Crippen LogP contribution in [0, 0.1) is 0 Å². The van der Waals surface area contributed by atoms with Crippen LogP contribution in [-0.4, -0.2) is 55.9 Å². The maximum Gasteiger partial charge on any atom is 0.573 e. The molecule has 188 valence electrons. The Balaban J connectivity index is 1.48. The minimum atomic E-state index is -4.96. The fraction of sp³-hybridized carbons (Fsp3) is 0.231. The van der Waals surface area contributed by atoms with Gasteiger partial charge in [0.2, 0.25) is 5.91 Å². The van der Waals surface area contributed by atoms with Crippen LogP contribution >= 0.6 is 0 Å². The van der Waals surface area contributed by atoms with Crippen molar-refractivity contribution in [1.29, 1.82) is 0 Å². The molecule has 7 nitrogen and oxygen atoms in total. The molecule has 10 heteroatoms. The molecular weight excluding hydrogens is 475 g/mol. The number of benzene rings is 3. The minimum absolute atomic E-state index is 0.0288. The van der Waals surface area contributed by atoms with Gasteiger partial charge in [0.1, 0.15) is 0 Å². The van der Waals surface area contributed by atoms with Gasteiger partial charge in [0.15, 0.2) is 5.75 Å². The minimum Gasteiger partial charge on any atom is -0.404 e. The third-order valence-electron chi connectivity index (χ3n) is 5.46. The highest BCUT2D eigenvalue weighted by Crippen LogP contribution is 2.32. The zero-order chi connectivity index (χ0) is 25.5. The summed E-state index contributed by atoms with van der Waals surface area (Å²) in [6.07, 6.45) is -4.96. The average molecular weight is 499 g/mol. The monoisotopic (exact) mass is 499 g/mol. The topological polar surface area (TPSA) is 79.9 Å². The van der Waals surface area contributed by atoms with Crippen molar-refractivity contribution in [2.75, 3.05) is 43.5 Å². The van der Waals surface area contributed by atoms with Gasteiger partial charge in [-0.2, -0.15) is 0 Å². The molecule has 3 aromatic carbocycles. The van der Waals surface area contributed by atoms with Gasteiger partial charge < -0.3 is 20.1 Å². The SMILES string of the molecule is O=C(CN1CCOCC1)Nc1cc(C(=O)Nc2ccc(-c3ccccc3)cc2)ccc1OC(F)(F)F. The van der Waals surface area contributed by atoms with E-state index in [2.05, 4.69) is 15.4 Å². The number of ether oxygens (including phenoxy) is 2. The Labute approximate surface area is 205 Å². The number of morpholine rings is 1. The number of hydrogen-bond acceptors (Lipinski definition) is 5. The fourth-order valence-electron chi connectivity index (χ4n) is 3.71. The Hall–Kier alpha value is -3.89. The van der Waals surface area contributed by atoms with Crippen molar-refractivity contribution in [3.8, 4) is 16.9 Å². The van der Waals surface area contributed by atoms with Crippen LogP contribution in [0.3, 0.4) is 0 Å². The van der Waals surface area contributed by atoms with Crippen LogP contribution in [0.5, 0.6) is 5.75 Å². The summed E-state index contributed by atoms with van der Waals surface area (Å²) in [5, 5.41) is 5.15. The highest BCUT2D eigenvalue weighted by atomic mass is 19.4. The molecule has 0 unspecified atom stereocenters. The first-order valence-corrected chi connectivity index (χ1v) is 11.2. The third-order valence-corrected chi connectivity index (χ3v) is 5.46. The summed E-state index contributed by atoms with van der Waals surface area (Å²) < 4.78 is 48.0. The molecule has 0 atom stereocenters. The van der Waals surface area contributed by atoms with Crippen molar-refractivity contribution < 1.29 is 32.2 Å². The number of nitrogens with zero attached hydrogens (tertiary/aromatic N) is 1. The largest absolute Gasteiger partial charge is 0.573 e. The molecule has 0 aliphatic carbocycles. The molecule has 0 bridgehead atoms. The van der Waals surface area contributed by atoms with E-state index in [0.29, 0.717) is 32.0 Å². The number of carbonyl (C=O) groups is 2. The molecule has 4 rings (SSSR count). The zero-order valence-corrected chi connectivity index (χ0v) is 19.2. The Kier molecular flexibility index (Phi) is 7.87. The molecule has 1 heterocycles. The normalized spacial score (nSPS) is 14.2. The van der Waals surface area contributed by atoms with Gasteiger partial charge in [-0.3, -0.25) is 14.5 Å². The fourth-order valence-corrected chi connectivity index (χ4v) is 3.71. The van der Waals surface area contributed by atoms with E-state index in [0.717, 1.165) is 23.3 Å². The van der Waals surface area contributed by atoms with Crippen LogP contribution < -0.4 is 15.4 Å². The van der Waals surface area contributed by atoms with Gasteiger partial charge in [-0.15, -0.1) is 13.2 Å². The number of rotatable bonds is 7. The van der Waals surface area contributed by atoms with E-state index in [1.54, 1.807) is 12.1 Å². The number of carbonyl (C=O) groups excluding carboxylic acids is 2. The number of amides is 2. The van der Waals surface area contributed by atoms with E-state index < -0.39 is 23.9 Å². The molecule has 1 aliphatic heterocycles. The lowest BCUT2D eigenvalue weighted by molar-refractivity contribution is -0.274. The lowest BCUT2D eigenvalue weighted by Crippen LogP contribution is -2.41. The first-order chi connectivity index (χ1) is 17.3. The number of nitrogens with one attached hydrogen (secondary N) is 2. The van der Waals surface area contributed by atoms with Crippen molar-refractivity contribution in [3.63, 3.8) is 0 Å². The van der Waals surface area contributed by atoms with Crippen LogP contribution in [0.4, 0.5) is 24.5 Å². The van der Waals surface area contributed by atoms with Crippen molar-refractivity contribution >= 4 is 23.2 Å². The number of alkyl halides is 3. The van der Waals surface area contributed by atoms with E-state index in [9.17, 15) is 22.8 Å². The lowest BCUT2D eigenvalue weighted by atomic mass is 10.1. The maximum absolute atomic E-state index is 12.9. The van der Waals surface area contributed by atoms with E-state index >= 15 is 0 Å². The van der Waals surface area contributed by atoms with Crippen LogP contribution in [0.2, 0.25) is 0 Å². The van der Waals surface area contributed by atoms with Gasteiger partial charge in [-0.1, -0.05) is 42.5 Å². The molecule has 0 spiro atoms. The summed E-state index contributed by atoms with van der Waals surface area (Å²) in [4.78, 5) is 27.1. The number of anilines is 2. The molecule has 2 N–H and O–H groups in total. The summed E-state index contributed by atoms with van der Waals surface area (Å²) >= 11 is 0. The second-order valence-electron chi connectivity index (χ2n) is 8.09. The standard InChI is InChI=1S/C26H24F3N3O4/c27-26(28,29)36-23-11-8-20(16-22(23)31-24(33)17-32-12-14-35-15-13-32)25(34)30-21-9-6-19(7-10-21)18-4-2-1-3-5-18/h1-11,16H,12-15,17H2,(H,30,34)(H,31,33). The maximum atomic E-state index is 12.9. The highest BCUT2D eigenvalue weighted by molar-refractivity contribution is 6.06. The van der Waals surface area contributed by atoms with Gasteiger partial charge in [0.05, 0.1) is 25.4 Å². The van der Waals surface area contributed by atoms with Crippen molar-refractivity contribution in [2.24, 2.45) is 0 Å². The van der Waals surface area contributed by atoms with Crippen LogP contribution in [0.25, 0.3) is 11.1 Å². The first-order valence-electron chi connectivity index (χ1n) is 11.2. The van der Waals surface area contributed by atoms with Crippen molar-refractivity contribution in [2.45, 2.75) is 6.36 Å². The molecule has 0 radical (unpaired) electrons. The molecule has 0 saturated carbocycles. The second-order valence-corrected chi connectivity index (χ2v) is 8.09. The Morgan fingerprint density at radius 1 is 0.889 bits per heavy atom. The van der Waals surface area contributed by atoms with Crippen LogP contribution in [-0.2, 0) is 9.53 Å². The van der Waals surface area contributed by atoms with Crippen molar-refractivity contribution in [1.82, 2.24) is 4.90 Å². The van der Waals surface area contributed by atoms with Gasteiger partial charge in [-0.25, -0.2) is 0 Å². The molecule has 0 aromatic heterocycles. The Morgan fingerprint density at radius 3 is 2.22 bits per heavy atom. The predicted octanol–water partition coefficient (Wildman–Crippen LogP) is 4.78. The molecule has 3 aromatic rings. The molecule has 1 aliphatic rings. The average Bonchev–Trinajstić information content (AvgIpc) is 2.86. The van der Waals surface area contributed by atoms with Gasteiger partial charge in [0.25, 0.3) is 5.91 Å².